The van der Waals surface area contributed by atoms with E-state index in [1.165, 1.54) is 29.2 Å². The van der Waals surface area contributed by atoms with Crippen LogP contribution in [0.15, 0.2) is 121 Å². The third-order valence-corrected chi connectivity index (χ3v) is 11.6. The van der Waals surface area contributed by atoms with E-state index in [4.69, 9.17) is 11.6 Å². The van der Waals surface area contributed by atoms with E-state index < -0.39 is 64.6 Å². The van der Waals surface area contributed by atoms with Gasteiger partial charge in [-0.05, 0) is 72.7 Å². The maximum atomic E-state index is 15.4. The molecule has 10 heteroatoms. The van der Waals surface area contributed by atoms with Crippen molar-refractivity contribution in [2.24, 2.45) is 23.7 Å². The number of anilines is 2. The van der Waals surface area contributed by atoms with Gasteiger partial charge in [0.1, 0.15) is 5.75 Å². The molecule has 6 atom stereocenters. The number of phenolic OH excluding ortho intramolecular Hbond substituents is 1. The van der Waals surface area contributed by atoms with Crippen LogP contribution in [0.4, 0.5) is 11.4 Å². The second-order valence-electron chi connectivity index (χ2n) is 13.8. The number of nitrogens with zero attached hydrogens (tertiary/aromatic N) is 2. The Labute approximate surface area is 304 Å². The van der Waals surface area contributed by atoms with Gasteiger partial charge in [0.2, 0.25) is 23.6 Å². The molecule has 2 heterocycles. The number of carboxylic acids is 1. The van der Waals surface area contributed by atoms with Crippen molar-refractivity contribution in [1.29, 1.82) is 0 Å². The zero-order chi connectivity index (χ0) is 36.5. The van der Waals surface area contributed by atoms with Crippen LogP contribution in [0.25, 0.3) is 0 Å². The number of aromatic carboxylic acids is 1. The average molecular weight is 713 g/mol. The molecule has 0 bridgehead atoms. The van der Waals surface area contributed by atoms with E-state index in [1.807, 2.05) is 36.4 Å². The van der Waals surface area contributed by atoms with Crippen molar-refractivity contribution in [2.45, 2.75) is 30.6 Å². The number of carboxylic acid groups (broad SMARTS) is 1. The van der Waals surface area contributed by atoms with Gasteiger partial charge in [-0.1, -0.05) is 90.0 Å². The summed E-state index contributed by atoms with van der Waals surface area (Å²) in [5, 5.41) is 22.0. The molecule has 1 saturated carbocycles. The first-order chi connectivity index (χ1) is 25.1. The average Bonchev–Trinajstić information content (AvgIpc) is 3.53. The number of carbonyl (C=O) groups is 5. The van der Waals surface area contributed by atoms with Gasteiger partial charge in [0.25, 0.3) is 0 Å². The zero-order valence-electron chi connectivity index (χ0n) is 27.8. The Morgan fingerprint density at radius 2 is 1.56 bits per heavy atom. The number of halogens is 1. The van der Waals surface area contributed by atoms with Gasteiger partial charge in [0.15, 0.2) is 0 Å². The van der Waals surface area contributed by atoms with Crippen LogP contribution in [0.3, 0.4) is 0 Å². The summed E-state index contributed by atoms with van der Waals surface area (Å²) in [6.45, 7) is 3.85. The molecule has 3 fully saturated rings. The Balaban J connectivity index is 1.36. The topological polar surface area (TPSA) is 132 Å². The van der Waals surface area contributed by atoms with E-state index in [1.54, 1.807) is 48.5 Å². The lowest BCUT2D eigenvalue weighted by Gasteiger charge is -2.50. The summed E-state index contributed by atoms with van der Waals surface area (Å²) in [7, 11) is 0. The predicted molar refractivity (Wildman–Crippen MR) is 194 cm³/mol. The van der Waals surface area contributed by atoms with Crippen LogP contribution < -0.4 is 9.80 Å². The number of benzene rings is 4. The van der Waals surface area contributed by atoms with Crippen LogP contribution in [0, 0.1) is 23.7 Å². The molecule has 4 aromatic carbocycles. The fourth-order valence-electron chi connectivity index (χ4n) is 9.29. The molecule has 8 rings (SSSR count). The minimum atomic E-state index is -1.54. The van der Waals surface area contributed by atoms with E-state index >= 15 is 4.79 Å². The molecule has 4 aliphatic rings. The van der Waals surface area contributed by atoms with Crippen molar-refractivity contribution in [3.63, 3.8) is 0 Å². The lowest BCUT2D eigenvalue weighted by molar-refractivity contribution is -0.127. The molecule has 0 radical (unpaired) electrons. The fraction of sp³-hybridized carbons (Fsp3) is 0.214. The van der Waals surface area contributed by atoms with E-state index in [2.05, 4.69) is 6.58 Å². The second kappa shape index (κ2) is 12.5. The summed E-state index contributed by atoms with van der Waals surface area (Å²) in [6, 6.07) is 26.7. The lowest BCUT2D eigenvalue weighted by atomic mass is 9.49. The monoisotopic (exact) mass is 712 g/mol. The number of rotatable bonds is 7. The van der Waals surface area contributed by atoms with E-state index in [0.29, 0.717) is 39.4 Å². The summed E-state index contributed by atoms with van der Waals surface area (Å²) in [6.07, 6.45) is 4.19. The fourth-order valence-corrected chi connectivity index (χ4v) is 9.47. The predicted octanol–water partition coefficient (Wildman–Crippen LogP) is 6.84. The standard InChI is InChI=1S/C42H33ClN2O7/c1-2-9-23-10-7-17-31(36(23)46)35-29-18-19-30-34(39(49)44(37(30)47)27-15-6-11-24(20-27)40(50)51)32(29)22-33-38(48)45(28-16-8-14-26(43)21-28)41(52)42(33,35)25-12-4-3-5-13-25/h2-8,10-18,20-21,30,32-35,46H,1,9,19,22H2,(H,50,51)/t30-,32+,33-,34-,35+,42+/m0/s1. The molecule has 52 heavy (non-hydrogen) atoms. The summed E-state index contributed by atoms with van der Waals surface area (Å²) in [4.78, 5) is 73.0. The Hall–Kier alpha value is -5.80. The molecule has 9 nitrogen and oxygen atoms in total. The van der Waals surface area contributed by atoms with Gasteiger partial charge in [-0.15, -0.1) is 6.58 Å². The number of aromatic hydroxyl groups is 1. The molecule has 0 aromatic heterocycles. The molecule has 4 aromatic rings. The Morgan fingerprint density at radius 3 is 2.27 bits per heavy atom. The molecule has 2 saturated heterocycles. The van der Waals surface area contributed by atoms with Crippen molar-refractivity contribution in [1.82, 2.24) is 0 Å². The van der Waals surface area contributed by atoms with Crippen molar-refractivity contribution >= 4 is 52.6 Å². The van der Waals surface area contributed by atoms with E-state index in [-0.39, 0.29) is 29.8 Å². The largest absolute Gasteiger partial charge is 0.507 e. The lowest BCUT2D eigenvalue weighted by Crippen LogP contribution is -2.53. The highest BCUT2D eigenvalue weighted by Crippen LogP contribution is 2.65. The summed E-state index contributed by atoms with van der Waals surface area (Å²) >= 11 is 6.39. The first-order valence-electron chi connectivity index (χ1n) is 17.1. The van der Waals surface area contributed by atoms with Gasteiger partial charge < -0.3 is 10.2 Å². The number of hydrogen-bond acceptors (Lipinski definition) is 6. The molecule has 2 aliphatic carbocycles. The Bertz CT molecular complexity index is 2250. The van der Waals surface area contributed by atoms with Gasteiger partial charge in [-0.25, -0.2) is 9.69 Å². The first kappa shape index (κ1) is 33.3. The number of imide groups is 2. The second-order valence-corrected chi connectivity index (χ2v) is 14.2. The SMILES string of the molecule is C=CCc1cccc([C@H]2C3=CC[C@@H]4C(=O)N(c5cccc(C(=O)O)c5)C(=O)[C@@H]4[C@@H]3C[C@H]3C(=O)N(c4cccc(Cl)c4)C(=O)[C@@]23c2ccccc2)c1O. The normalized spacial score (nSPS) is 26.5. The molecule has 260 valence electrons. The van der Waals surface area contributed by atoms with Gasteiger partial charge in [0, 0.05) is 16.5 Å². The summed E-state index contributed by atoms with van der Waals surface area (Å²) in [5.74, 6) is -7.33. The van der Waals surface area contributed by atoms with Gasteiger partial charge in [-0.3, -0.25) is 24.1 Å². The first-order valence-corrected chi connectivity index (χ1v) is 17.5. The van der Waals surface area contributed by atoms with E-state index in [0.717, 1.165) is 4.90 Å². The van der Waals surface area contributed by atoms with Crippen LogP contribution in [0.5, 0.6) is 5.75 Å². The molecular formula is C42H33ClN2O7. The van der Waals surface area contributed by atoms with Crippen molar-refractivity contribution in [3.8, 4) is 5.75 Å². The number of allylic oxidation sites excluding steroid dienone is 3. The van der Waals surface area contributed by atoms with Gasteiger partial charge >= 0.3 is 5.97 Å². The smallest absolute Gasteiger partial charge is 0.335 e. The maximum absolute atomic E-state index is 15.4. The molecule has 4 amide bonds. The third kappa shape index (κ3) is 4.72. The molecule has 2 N–H and O–H groups in total. The Kier molecular flexibility index (Phi) is 7.99. The minimum Gasteiger partial charge on any atom is -0.507 e. The van der Waals surface area contributed by atoms with Crippen LogP contribution >= 0.6 is 11.6 Å². The maximum Gasteiger partial charge on any atom is 0.335 e. The summed E-state index contributed by atoms with van der Waals surface area (Å²) < 4.78 is 0. The van der Waals surface area contributed by atoms with Gasteiger partial charge in [0.05, 0.1) is 40.1 Å². The molecule has 2 aliphatic heterocycles. The number of para-hydroxylation sites is 1. The summed E-state index contributed by atoms with van der Waals surface area (Å²) in [5.41, 5.74) is 1.16. The quantitative estimate of drug-likeness (QED) is 0.158. The molecular weight excluding hydrogens is 680 g/mol. The van der Waals surface area contributed by atoms with Crippen LogP contribution in [-0.2, 0) is 31.0 Å². The van der Waals surface area contributed by atoms with Crippen molar-refractivity contribution in [3.05, 3.63) is 149 Å². The van der Waals surface area contributed by atoms with Gasteiger partial charge in [-0.2, -0.15) is 0 Å². The number of hydrogen-bond donors (Lipinski definition) is 2. The highest BCUT2D eigenvalue weighted by atomic mass is 35.5. The third-order valence-electron chi connectivity index (χ3n) is 11.3. The number of amides is 4. The van der Waals surface area contributed by atoms with Crippen LogP contribution in [-0.4, -0.2) is 39.8 Å². The highest BCUT2D eigenvalue weighted by molar-refractivity contribution is 6.32. The Morgan fingerprint density at radius 1 is 0.846 bits per heavy atom. The highest BCUT2D eigenvalue weighted by Gasteiger charge is 2.70. The van der Waals surface area contributed by atoms with Crippen LogP contribution in [0.2, 0.25) is 5.02 Å². The minimum absolute atomic E-state index is 0.0347. The zero-order valence-corrected chi connectivity index (χ0v) is 28.6. The van der Waals surface area contributed by atoms with Crippen molar-refractivity contribution < 1.29 is 34.2 Å². The molecule has 0 spiro atoms. The van der Waals surface area contributed by atoms with Crippen LogP contribution in [0.1, 0.15) is 45.8 Å². The number of fused-ring (bicyclic) bond motifs is 4. The molecule has 0 unspecified atom stereocenters. The number of phenols is 1. The number of carbonyl (C=O) groups excluding carboxylic acids is 4. The van der Waals surface area contributed by atoms with E-state index in [9.17, 15) is 29.4 Å². The van der Waals surface area contributed by atoms with Crippen molar-refractivity contribution in [2.75, 3.05) is 9.80 Å².